The van der Waals surface area contributed by atoms with Gasteiger partial charge in [-0.2, -0.15) is 9.97 Å². The van der Waals surface area contributed by atoms with E-state index in [4.69, 9.17) is 11.6 Å². The number of H-pyrrole nitrogens is 1. The summed E-state index contributed by atoms with van der Waals surface area (Å²) in [5.74, 6) is 0.701. The van der Waals surface area contributed by atoms with Crippen molar-refractivity contribution >= 4 is 34.7 Å². The van der Waals surface area contributed by atoms with Crippen LogP contribution in [0.25, 0.3) is 11.2 Å². The Hall–Kier alpha value is -2.09. The number of hydrogen-bond acceptors (Lipinski definition) is 6. The lowest BCUT2D eigenvalue weighted by Gasteiger charge is -2.18. The number of rotatable bonds is 2. The Balaban J connectivity index is 1.82. The Morgan fingerprint density at radius 1 is 1.60 bits per heavy atom. The minimum Gasteiger partial charge on any atom is -0.453 e. The van der Waals surface area contributed by atoms with E-state index in [0.29, 0.717) is 18.0 Å². The molecule has 106 valence electrons. The molecule has 2 N–H and O–H groups in total. The van der Waals surface area contributed by atoms with Gasteiger partial charge in [-0.25, -0.2) is 9.78 Å². The maximum Gasteiger partial charge on any atom is 0.407 e. The predicted octanol–water partition coefficient (Wildman–Crippen LogP) is 0.941. The van der Waals surface area contributed by atoms with Gasteiger partial charge in [-0.15, -0.1) is 0 Å². The molecule has 2 aromatic heterocycles. The van der Waals surface area contributed by atoms with E-state index in [1.54, 1.807) is 6.33 Å². The van der Waals surface area contributed by atoms with E-state index in [9.17, 15) is 4.79 Å². The van der Waals surface area contributed by atoms with Gasteiger partial charge < -0.3 is 19.9 Å². The maximum absolute atomic E-state index is 11.2. The fourth-order valence-corrected chi connectivity index (χ4v) is 2.48. The van der Waals surface area contributed by atoms with Crippen molar-refractivity contribution < 1.29 is 9.53 Å². The van der Waals surface area contributed by atoms with Gasteiger partial charge >= 0.3 is 6.09 Å². The number of imidazole rings is 1. The summed E-state index contributed by atoms with van der Waals surface area (Å²) in [6.07, 6.45) is 1.94. The number of hydrogen-bond donors (Lipinski definition) is 2. The van der Waals surface area contributed by atoms with Crippen molar-refractivity contribution in [1.82, 2.24) is 25.3 Å². The molecule has 0 bridgehead atoms. The molecule has 0 spiro atoms. The molecule has 3 rings (SSSR count). The zero-order valence-corrected chi connectivity index (χ0v) is 11.5. The Bertz CT molecular complexity index is 645. The molecule has 0 aromatic carbocycles. The number of halogens is 1. The van der Waals surface area contributed by atoms with Gasteiger partial charge in [0.25, 0.3) is 0 Å². The highest BCUT2D eigenvalue weighted by atomic mass is 35.5. The predicted molar refractivity (Wildman–Crippen MR) is 72.9 cm³/mol. The Morgan fingerprint density at radius 2 is 2.45 bits per heavy atom. The standard InChI is InChI=1S/C11H13ClN6O2/c1-20-11(19)15-6-2-3-18(4-6)9-7-8(14-5-13-7)16-10(12)17-9/h5-6H,2-4H2,1H3,(H,15,19)(H,13,14,16,17). The van der Waals surface area contributed by atoms with E-state index in [-0.39, 0.29) is 11.3 Å². The fourth-order valence-electron chi connectivity index (χ4n) is 2.32. The topological polar surface area (TPSA) is 96.0 Å². The van der Waals surface area contributed by atoms with Crippen LogP contribution in [-0.4, -0.2) is 52.3 Å². The smallest absolute Gasteiger partial charge is 0.407 e. The van der Waals surface area contributed by atoms with Gasteiger partial charge in [-0.05, 0) is 18.0 Å². The first-order valence-corrected chi connectivity index (χ1v) is 6.51. The third-order valence-electron chi connectivity index (χ3n) is 3.23. The van der Waals surface area contributed by atoms with Crippen molar-refractivity contribution in [3.63, 3.8) is 0 Å². The van der Waals surface area contributed by atoms with Crippen molar-refractivity contribution in [2.45, 2.75) is 12.5 Å². The van der Waals surface area contributed by atoms with Crippen LogP contribution in [0.2, 0.25) is 5.28 Å². The van der Waals surface area contributed by atoms with E-state index in [0.717, 1.165) is 18.5 Å². The molecule has 0 saturated carbocycles. The molecular formula is C11H13ClN6O2. The molecule has 0 aliphatic carbocycles. The summed E-state index contributed by atoms with van der Waals surface area (Å²) < 4.78 is 4.60. The number of aromatic amines is 1. The molecule has 3 heterocycles. The van der Waals surface area contributed by atoms with E-state index in [2.05, 4.69) is 30.0 Å². The number of carbonyl (C=O) groups excluding carboxylic acids is 1. The van der Waals surface area contributed by atoms with Crippen molar-refractivity contribution in [3.05, 3.63) is 11.6 Å². The SMILES string of the molecule is COC(=O)NC1CCN(c2nc(Cl)nc3nc[nH]c23)C1. The average Bonchev–Trinajstić information content (AvgIpc) is 3.06. The highest BCUT2D eigenvalue weighted by Crippen LogP contribution is 2.25. The quantitative estimate of drug-likeness (QED) is 0.801. The molecule has 20 heavy (non-hydrogen) atoms. The number of anilines is 1. The normalized spacial score (nSPS) is 18.5. The van der Waals surface area contributed by atoms with E-state index < -0.39 is 6.09 Å². The van der Waals surface area contributed by atoms with Gasteiger partial charge in [0.2, 0.25) is 5.28 Å². The summed E-state index contributed by atoms with van der Waals surface area (Å²) in [5.41, 5.74) is 1.28. The number of nitrogens with one attached hydrogen (secondary N) is 2. The largest absolute Gasteiger partial charge is 0.453 e. The molecule has 1 atom stereocenters. The monoisotopic (exact) mass is 296 g/mol. The number of amides is 1. The molecule has 9 heteroatoms. The second-order valence-electron chi connectivity index (χ2n) is 4.48. The molecule has 2 aromatic rings. The highest BCUT2D eigenvalue weighted by Gasteiger charge is 2.27. The first-order chi connectivity index (χ1) is 9.67. The summed E-state index contributed by atoms with van der Waals surface area (Å²) >= 11 is 5.91. The van der Waals surface area contributed by atoms with Crippen molar-refractivity contribution in [2.75, 3.05) is 25.1 Å². The summed E-state index contributed by atoms with van der Waals surface area (Å²) in [6.45, 7) is 1.40. The Kier molecular flexibility index (Phi) is 3.31. The number of methoxy groups -OCH3 is 1. The van der Waals surface area contributed by atoms with E-state index >= 15 is 0 Å². The molecule has 0 radical (unpaired) electrons. The van der Waals surface area contributed by atoms with Gasteiger partial charge in [0.05, 0.1) is 19.5 Å². The summed E-state index contributed by atoms with van der Waals surface area (Å²) in [7, 11) is 1.35. The highest BCUT2D eigenvalue weighted by molar-refractivity contribution is 6.28. The van der Waals surface area contributed by atoms with Crippen LogP contribution in [-0.2, 0) is 4.74 Å². The number of alkyl carbamates (subject to hydrolysis) is 1. The van der Waals surface area contributed by atoms with Crippen molar-refractivity contribution in [1.29, 1.82) is 0 Å². The number of carbonyl (C=O) groups is 1. The van der Waals surface area contributed by atoms with Crippen molar-refractivity contribution in [3.8, 4) is 0 Å². The maximum atomic E-state index is 11.2. The minimum absolute atomic E-state index is 0.0224. The minimum atomic E-state index is -0.427. The van der Waals surface area contributed by atoms with Crippen LogP contribution in [0.1, 0.15) is 6.42 Å². The average molecular weight is 297 g/mol. The van der Waals surface area contributed by atoms with Crippen molar-refractivity contribution in [2.24, 2.45) is 0 Å². The summed E-state index contributed by atoms with van der Waals surface area (Å²) in [6, 6.07) is 0.0224. The van der Waals surface area contributed by atoms with Crippen LogP contribution in [0, 0.1) is 0 Å². The van der Waals surface area contributed by atoms with Gasteiger partial charge in [-0.3, -0.25) is 0 Å². The van der Waals surface area contributed by atoms with Crippen LogP contribution >= 0.6 is 11.6 Å². The second-order valence-corrected chi connectivity index (χ2v) is 4.82. The lowest BCUT2D eigenvalue weighted by molar-refractivity contribution is 0.167. The summed E-state index contributed by atoms with van der Waals surface area (Å²) in [5, 5.41) is 2.94. The fraction of sp³-hybridized carbons (Fsp3) is 0.455. The van der Waals surface area contributed by atoms with Gasteiger partial charge in [0.15, 0.2) is 11.5 Å². The lowest BCUT2D eigenvalue weighted by Crippen LogP contribution is -2.37. The molecule has 1 aliphatic rings. The van der Waals surface area contributed by atoms with Crippen LogP contribution in [0.4, 0.5) is 10.6 Å². The van der Waals surface area contributed by atoms with Gasteiger partial charge in [-0.1, -0.05) is 0 Å². The zero-order chi connectivity index (χ0) is 14.1. The molecule has 1 saturated heterocycles. The van der Waals surface area contributed by atoms with Crippen LogP contribution in [0.15, 0.2) is 6.33 Å². The van der Waals surface area contributed by atoms with E-state index in [1.165, 1.54) is 7.11 Å². The van der Waals surface area contributed by atoms with Gasteiger partial charge in [0, 0.05) is 13.1 Å². The first kappa shape index (κ1) is 12.9. The van der Waals surface area contributed by atoms with Crippen LogP contribution < -0.4 is 10.2 Å². The molecular weight excluding hydrogens is 284 g/mol. The third-order valence-corrected chi connectivity index (χ3v) is 3.40. The number of aromatic nitrogens is 4. The molecule has 1 aliphatic heterocycles. The number of ether oxygens (including phenoxy) is 1. The molecule has 8 nitrogen and oxygen atoms in total. The summed E-state index contributed by atoms with van der Waals surface area (Å²) in [4.78, 5) is 28.7. The van der Waals surface area contributed by atoms with E-state index in [1.807, 2.05) is 4.90 Å². The number of fused-ring (bicyclic) bond motifs is 1. The molecule has 1 fully saturated rings. The van der Waals surface area contributed by atoms with Gasteiger partial charge in [0.1, 0.15) is 5.52 Å². The second kappa shape index (κ2) is 5.12. The van der Waals surface area contributed by atoms with Crippen LogP contribution in [0.3, 0.4) is 0 Å². The molecule has 1 amide bonds. The zero-order valence-electron chi connectivity index (χ0n) is 10.8. The Morgan fingerprint density at radius 3 is 3.25 bits per heavy atom. The Labute approximate surface area is 119 Å². The van der Waals surface area contributed by atoms with Crippen LogP contribution in [0.5, 0.6) is 0 Å². The molecule has 1 unspecified atom stereocenters. The first-order valence-electron chi connectivity index (χ1n) is 6.13. The third kappa shape index (κ3) is 2.34. The lowest BCUT2D eigenvalue weighted by atomic mass is 10.3. The number of nitrogens with zero attached hydrogens (tertiary/aromatic N) is 4.